The molecule has 0 amide bonds. The third-order valence-electron chi connectivity index (χ3n) is 8.42. The van der Waals surface area contributed by atoms with Crippen molar-refractivity contribution in [3.8, 4) is 11.1 Å². The van der Waals surface area contributed by atoms with E-state index in [4.69, 9.17) is 0 Å². The number of allylic oxidation sites excluding steroid dienone is 6. The summed E-state index contributed by atoms with van der Waals surface area (Å²) in [5.41, 5.74) is 9.57. The van der Waals surface area contributed by atoms with E-state index in [1.165, 1.54) is 81.8 Å². The molecule has 0 saturated heterocycles. The fraction of sp³-hybridized carbons (Fsp3) is 0.459. The van der Waals surface area contributed by atoms with Crippen LogP contribution in [0.5, 0.6) is 0 Å². The van der Waals surface area contributed by atoms with Gasteiger partial charge in [0, 0.05) is 0 Å². The molecule has 0 aromatic heterocycles. The zero-order valence-corrected chi connectivity index (χ0v) is 28.9. The van der Waals surface area contributed by atoms with Gasteiger partial charge in [0.15, 0.2) is 0 Å². The number of halogens is 2. The molecule has 3 heteroatoms. The third-order valence-corrected chi connectivity index (χ3v) is 16.7. The van der Waals surface area contributed by atoms with Crippen molar-refractivity contribution in [2.24, 2.45) is 0 Å². The Morgan fingerprint density at radius 1 is 0.800 bits per heavy atom. The van der Waals surface area contributed by atoms with E-state index in [0.717, 1.165) is 22.9 Å². The molecule has 0 spiro atoms. The van der Waals surface area contributed by atoms with E-state index in [0.29, 0.717) is 0 Å². The second-order valence-corrected chi connectivity index (χ2v) is 19.3. The van der Waals surface area contributed by atoms with Crippen molar-refractivity contribution >= 4 is 3.27 Å². The number of aryl methyl sites for hydroxylation is 2. The minimum Gasteiger partial charge on any atom is -1.00 e. The maximum absolute atomic E-state index is 3.89. The molecule has 2 aliphatic carbocycles. The zero-order valence-electron chi connectivity index (χ0n) is 24.9. The van der Waals surface area contributed by atoms with Gasteiger partial charge in [0.05, 0.1) is 0 Å². The molecule has 4 rings (SSSR count). The van der Waals surface area contributed by atoms with Crippen LogP contribution in [0.15, 0.2) is 77.2 Å². The molecule has 0 atom stereocenters. The van der Waals surface area contributed by atoms with E-state index in [9.17, 15) is 0 Å². The second kappa shape index (κ2) is 18.4. The van der Waals surface area contributed by atoms with Gasteiger partial charge in [-0.2, -0.15) is 0 Å². The summed E-state index contributed by atoms with van der Waals surface area (Å²) in [6.45, 7) is 12.8. The Hall–Kier alpha value is -1.14. The molecule has 2 aromatic rings. The predicted molar refractivity (Wildman–Crippen MR) is 165 cm³/mol. The summed E-state index contributed by atoms with van der Waals surface area (Å²) in [6.07, 6.45) is 29.0. The maximum atomic E-state index is 3.89. The Labute approximate surface area is 266 Å². The molecular formula is C37H49Cl2Zr. The zero-order chi connectivity index (χ0) is 26.7. The van der Waals surface area contributed by atoms with Crippen molar-refractivity contribution < 1.29 is 46.6 Å². The van der Waals surface area contributed by atoms with E-state index in [2.05, 4.69) is 87.7 Å². The van der Waals surface area contributed by atoms with Gasteiger partial charge in [-0.15, -0.1) is 6.58 Å². The van der Waals surface area contributed by atoms with E-state index < -0.39 is 21.8 Å². The number of rotatable bonds is 17. The average Bonchev–Trinajstić information content (AvgIpc) is 3.57. The predicted octanol–water partition coefficient (Wildman–Crippen LogP) is 4.54. The van der Waals surface area contributed by atoms with Crippen molar-refractivity contribution in [1.29, 1.82) is 0 Å². The summed E-state index contributed by atoms with van der Waals surface area (Å²) in [5.74, 6) is 0. The SMILES string of the molecule is C=CCCCCCCc1ccc2c(c1)Cc1c-2ccc(CCCCCCC=C)[c]1[Zr+2]([C]1=CC=CC1)[CH](C)C.[Cl-].[Cl-]. The topological polar surface area (TPSA) is 0 Å². The number of unbranched alkanes of at least 4 members (excludes halogenated alkanes) is 8. The Morgan fingerprint density at radius 3 is 2.08 bits per heavy atom. The average molecular weight is 656 g/mol. The molecular weight excluding hydrogens is 607 g/mol. The van der Waals surface area contributed by atoms with Crippen LogP contribution < -0.4 is 28.1 Å². The van der Waals surface area contributed by atoms with Gasteiger partial charge in [-0.3, -0.25) is 0 Å². The van der Waals surface area contributed by atoms with Crippen LogP contribution in [-0.2, 0) is 41.0 Å². The molecule has 0 bridgehead atoms. The van der Waals surface area contributed by atoms with Crippen molar-refractivity contribution in [3.63, 3.8) is 0 Å². The fourth-order valence-electron chi connectivity index (χ4n) is 6.47. The number of fused-ring (bicyclic) bond motifs is 3. The summed E-state index contributed by atoms with van der Waals surface area (Å²) < 4.78 is 4.46. The summed E-state index contributed by atoms with van der Waals surface area (Å²) >= 11 is -2.01. The van der Waals surface area contributed by atoms with Crippen LogP contribution in [0.2, 0.25) is 3.63 Å². The minimum atomic E-state index is -2.01. The van der Waals surface area contributed by atoms with E-state index in [-0.39, 0.29) is 24.8 Å². The first-order valence-electron chi connectivity index (χ1n) is 15.4. The number of hydrogen-bond acceptors (Lipinski definition) is 0. The summed E-state index contributed by atoms with van der Waals surface area (Å²) in [4.78, 5) is 0. The van der Waals surface area contributed by atoms with E-state index >= 15 is 0 Å². The van der Waals surface area contributed by atoms with Gasteiger partial charge in [0.25, 0.3) is 0 Å². The van der Waals surface area contributed by atoms with Crippen molar-refractivity contribution in [2.45, 2.75) is 107 Å². The van der Waals surface area contributed by atoms with Gasteiger partial charge in [-0.05, 0) is 0 Å². The first kappa shape index (κ1) is 35.1. The number of hydrogen-bond donors (Lipinski definition) is 0. The van der Waals surface area contributed by atoms with Gasteiger partial charge in [0.2, 0.25) is 0 Å². The molecule has 2 aromatic carbocycles. The molecule has 215 valence electrons. The van der Waals surface area contributed by atoms with Crippen LogP contribution >= 0.6 is 0 Å². The summed E-state index contributed by atoms with van der Waals surface area (Å²) in [7, 11) is 0. The molecule has 0 saturated carbocycles. The Bertz CT molecular complexity index is 1160. The van der Waals surface area contributed by atoms with Crippen LogP contribution in [0.3, 0.4) is 0 Å². The third kappa shape index (κ3) is 9.18. The van der Waals surface area contributed by atoms with Gasteiger partial charge >= 0.3 is 230 Å². The van der Waals surface area contributed by atoms with Gasteiger partial charge in [-0.1, -0.05) is 6.08 Å². The Balaban J connectivity index is 0.00000280. The molecule has 2 aliphatic rings. The molecule has 0 radical (unpaired) electrons. The first-order chi connectivity index (χ1) is 18.6. The fourth-order valence-corrected chi connectivity index (χ4v) is 14.7. The van der Waals surface area contributed by atoms with Crippen molar-refractivity contribution in [3.05, 3.63) is 99.4 Å². The molecule has 0 aliphatic heterocycles. The molecule has 0 unspecified atom stereocenters. The largest absolute Gasteiger partial charge is 1.00 e. The first-order valence-corrected chi connectivity index (χ1v) is 19.2. The number of benzene rings is 2. The van der Waals surface area contributed by atoms with Crippen LogP contribution in [0.1, 0.15) is 107 Å². The van der Waals surface area contributed by atoms with Crippen molar-refractivity contribution in [1.82, 2.24) is 0 Å². The van der Waals surface area contributed by atoms with Gasteiger partial charge in [0.1, 0.15) is 0 Å². The molecule has 40 heavy (non-hydrogen) atoms. The quantitative estimate of drug-likeness (QED) is 0.148. The van der Waals surface area contributed by atoms with E-state index in [1.807, 2.05) is 3.27 Å². The smallest absolute Gasteiger partial charge is 1.00 e. The molecule has 0 N–H and O–H groups in total. The summed E-state index contributed by atoms with van der Waals surface area (Å²) in [5, 5.41) is 0. The minimum absolute atomic E-state index is 0. The van der Waals surface area contributed by atoms with Crippen LogP contribution in [0.4, 0.5) is 0 Å². The van der Waals surface area contributed by atoms with E-state index in [1.54, 1.807) is 25.5 Å². The molecule has 0 fully saturated rings. The van der Waals surface area contributed by atoms with Crippen LogP contribution in [0, 0.1) is 0 Å². The monoisotopic (exact) mass is 653 g/mol. The normalized spacial score (nSPS) is 12.8. The Morgan fingerprint density at radius 2 is 1.45 bits per heavy atom. The van der Waals surface area contributed by atoms with Crippen LogP contribution in [-0.4, -0.2) is 0 Å². The standard InChI is InChI=1S/C29H37.C5H5.C3H7.2ClH.Zr/c1-3-5-7-9-11-13-15-24-17-19-28-26(21-24)23-27-22-25(18-20-29(27)28)16-14-12-10-8-6-4-2;1-2-4-5-3-1;1-3-2;;;/h3-4,17-21H,1-2,5-16,23H2;1-3H,4H2;3H,1-2H3;2*1H;/q;;;;;+2/p-2. The second-order valence-electron chi connectivity index (χ2n) is 11.7. The van der Waals surface area contributed by atoms with Crippen molar-refractivity contribution in [2.75, 3.05) is 0 Å². The van der Waals surface area contributed by atoms with Crippen LogP contribution in [0.25, 0.3) is 11.1 Å². The van der Waals surface area contributed by atoms with Gasteiger partial charge in [-0.25, -0.2) is 0 Å². The maximum Gasteiger partial charge on any atom is -1.00 e. The Kier molecular flexibility index (Phi) is 16.1. The van der Waals surface area contributed by atoms with Gasteiger partial charge < -0.3 is 24.8 Å². The molecule has 0 heterocycles. The summed E-state index contributed by atoms with van der Waals surface area (Å²) in [6, 6.07) is 12.4. The molecule has 0 nitrogen and oxygen atoms in total.